The zero-order valence-electron chi connectivity index (χ0n) is 12.5. The Morgan fingerprint density at radius 3 is 2.96 bits per heavy atom. The van der Waals surface area contributed by atoms with Gasteiger partial charge in [-0.15, -0.1) is 5.10 Å². The van der Waals surface area contributed by atoms with E-state index in [1.54, 1.807) is 17.0 Å². The Bertz CT molecular complexity index is 798. The molecule has 0 aliphatic carbocycles. The number of aromatic nitrogens is 3. The first-order valence-corrected chi connectivity index (χ1v) is 8.18. The number of hydrogen-bond donors (Lipinski definition) is 1. The second-order valence-electron chi connectivity index (χ2n) is 5.10. The van der Waals surface area contributed by atoms with Gasteiger partial charge in [0.2, 0.25) is 0 Å². The highest BCUT2D eigenvalue weighted by Gasteiger charge is 2.22. The maximum absolute atomic E-state index is 11.7. The van der Waals surface area contributed by atoms with Crippen LogP contribution in [0.5, 0.6) is 5.75 Å². The summed E-state index contributed by atoms with van der Waals surface area (Å²) in [6.45, 7) is 3.95. The summed E-state index contributed by atoms with van der Waals surface area (Å²) in [5.74, 6) is 0.561. The molecule has 0 spiro atoms. The Morgan fingerprint density at radius 2 is 2.26 bits per heavy atom. The first-order chi connectivity index (χ1) is 11.0. The molecule has 0 radical (unpaired) electrons. The molecule has 0 unspecified atom stereocenters. The van der Waals surface area contributed by atoms with Crippen LogP contribution in [0.1, 0.15) is 19.5 Å². The number of carbonyl (C=O) groups excluding carboxylic acids is 1. The first-order valence-electron chi connectivity index (χ1n) is 6.95. The van der Waals surface area contributed by atoms with Crippen LogP contribution >= 0.6 is 24.0 Å². The van der Waals surface area contributed by atoms with E-state index in [0.29, 0.717) is 14.9 Å². The van der Waals surface area contributed by atoms with Crippen molar-refractivity contribution < 1.29 is 9.53 Å². The van der Waals surface area contributed by atoms with Crippen LogP contribution < -0.4 is 10.1 Å². The third-order valence-corrected chi connectivity index (χ3v) is 4.05. The first kappa shape index (κ1) is 15.7. The Kier molecular flexibility index (Phi) is 4.44. The second-order valence-corrected chi connectivity index (χ2v) is 6.82. The van der Waals surface area contributed by atoms with Crippen LogP contribution in [0.3, 0.4) is 0 Å². The lowest BCUT2D eigenvalue weighted by molar-refractivity contribution is -0.115. The van der Waals surface area contributed by atoms with E-state index in [1.165, 1.54) is 11.8 Å². The van der Waals surface area contributed by atoms with Crippen molar-refractivity contribution in [3.63, 3.8) is 0 Å². The summed E-state index contributed by atoms with van der Waals surface area (Å²) in [7, 11) is 0. The van der Waals surface area contributed by atoms with Crippen LogP contribution in [0.4, 0.5) is 0 Å². The molecule has 0 saturated carbocycles. The van der Waals surface area contributed by atoms with Crippen LogP contribution in [-0.2, 0) is 4.79 Å². The maximum Gasteiger partial charge on any atom is 0.263 e. The second kappa shape index (κ2) is 6.51. The molecule has 2 aromatic rings. The van der Waals surface area contributed by atoms with Crippen molar-refractivity contribution in [2.75, 3.05) is 0 Å². The molecule has 3 rings (SSSR count). The summed E-state index contributed by atoms with van der Waals surface area (Å²) in [5, 5.41) is 10.7. The van der Waals surface area contributed by atoms with Crippen LogP contribution in [0, 0.1) is 0 Å². The fraction of sp³-hybridized carbons (Fsp3) is 0.200. The fourth-order valence-corrected chi connectivity index (χ4v) is 3.02. The lowest BCUT2D eigenvalue weighted by Gasteiger charge is -2.10. The monoisotopic (exact) mass is 346 g/mol. The van der Waals surface area contributed by atoms with Crippen LogP contribution in [0.15, 0.2) is 35.4 Å². The number of nitrogens with one attached hydrogen (secondary N) is 1. The molecule has 0 atom stereocenters. The van der Waals surface area contributed by atoms with E-state index < -0.39 is 0 Å². The van der Waals surface area contributed by atoms with Crippen molar-refractivity contribution in [3.8, 4) is 11.4 Å². The molecule has 1 fully saturated rings. The topological polar surface area (TPSA) is 69.0 Å². The van der Waals surface area contributed by atoms with E-state index in [1.807, 2.05) is 38.1 Å². The van der Waals surface area contributed by atoms with Crippen molar-refractivity contribution in [2.45, 2.75) is 20.0 Å². The Labute approximate surface area is 142 Å². The summed E-state index contributed by atoms with van der Waals surface area (Å²) in [4.78, 5) is 12.2. The minimum atomic E-state index is -0.207. The molecule has 8 heteroatoms. The molecular weight excluding hydrogens is 332 g/mol. The van der Waals surface area contributed by atoms with Gasteiger partial charge in [-0.2, -0.15) is 0 Å². The predicted octanol–water partition coefficient (Wildman–Crippen LogP) is 2.54. The van der Waals surface area contributed by atoms with Gasteiger partial charge >= 0.3 is 0 Å². The van der Waals surface area contributed by atoms with E-state index in [2.05, 4.69) is 15.6 Å². The molecule has 1 aromatic carbocycles. The van der Waals surface area contributed by atoms with Gasteiger partial charge in [0.15, 0.2) is 0 Å². The highest BCUT2D eigenvalue weighted by Crippen LogP contribution is 2.25. The van der Waals surface area contributed by atoms with Gasteiger partial charge in [0.25, 0.3) is 5.91 Å². The molecule has 118 valence electrons. The van der Waals surface area contributed by atoms with Gasteiger partial charge < -0.3 is 10.1 Å². The highest BCUT2D eigenvalue weighted by atomic mass is 32.2. The van der Waals surface area contributed by atoms with Crippen LogP contribution in [-0.4, -0.2) is 31.3 Å². The lowest BCUT2D eigenvalue weighted by Crippen LogP contribution is -2.17. The van der Waals surface area contributed by atoms with Crippen LogP contribution in [0.25, 0.3) is 11.8 Å². The predicted molar refractivity (Wildman–Crippen MR) is 93.4 cm³/mol. The molecule has 6 nitrogen and oxygen atoms in total. The number of thiocarbonyl (C=S) groups is 1. The zero-order valence-corrected chi connectivity index (χ0v) is 14.1. The standard InChI is InChI=1S/C15H14N4O2S2/c1-9(2)21-12-5-3-4-11(7-12)19-8-10(17-18-19)6-13-14(20)16-15(22)23-13/h3-9H,1-2H3,(H,16,20,22)/b13-6-. The normalized spacial score (nSPS) is 16.2. The van der Waals surface area contributed by atoms with Gasteiger partial charge in [-0.05, 0) is 32.1 Å². The van der Waals surface area contributed by atoms with E-state index in [-0.39, 0.29) is 12.0 Å². The summed E-state index contributed by atoms with van der Waals surface area (Å²) in [6, 6.07) is 7.58. The number of carbonyl (C=O) groups is 1. The molecule has 1 amide bonds. The molecular formula is C15H14N4O2S2. The average molecular weight is 346 g/mol. The zero-order chi connectivity index (χ0) is 16.4. The fourth-order valence-electron chi connectivity index (χ4n) is 2.00. The Morgan fingerprint density at radius 1 is 1.43 bits per heavy atom. The number of benzene rings is 1. The number of nitrogens with zero attached hydrogens (tertiary/aromatic N) is 3. The van der Waals surface area contributed by atoms with Gasteiger partial charge in [-0.25, -0.2) is 4.68 Å². The van der Waals surface area contributed by atoms with Crippen molar-refractivity contribution in [1.29, 1.82) is 0 Å². The molecule has 1 aliphatic heterocycles. The van der Waals surface area contributed by atoms with Crippen molar-refractivity contribution in [3.05, 3.63) is 41.1 Å². The third-order valence-electron chi connectivity index (χ3n) is 2.89. The quantitative estimate of drug-likeness (QED) is 0.678. The molecule has 0 bridgehead atoms. The van der Waals surface area contributed by atoms with E-state index in [9.17, 15) is 4.79 Å². The molecule has 1 saturated heterocycles. The summed E-state index contributed by atoms with van der Waals surface area (Å²) in [5.41, 5.74) is 1.42. The Hall–Kier alpha value is -2.19. The minimum Gasteiger partial charge on any atom is -0.491 e. The summed E-state index contributed by atoms with van der Waals surface area (Å²) >= 11 is 6.17. The highest BCUT2D eigenvalue weighted by molar-refractivity contribution is 8.26. The van der Waals surface area contributed by atoms with Gasteiger partial charge in [0, 0.05) is 6.07 Å². The maximum atomic E-state index is 11.7. The average Bonchev–Trinajstić information content (AvgIpc) is 3.06. The molecule has 23 heavy (non-hydrogen) atoms. The number of hydrogen-bond acceptors (Lipinski definition) is 6. The largest absolute Gasteiger partial charge is 0.491 e. The number of ether oxygens (including phenoxy) is 1. The molecule has 1 aliphatic rings. The SMILES string of the molecule is CC(C)Oc1cccc(-n2cc(/C=C3\SC(=S)NC3=O)nn2)c1. The van der Waals surface area contributed by atoms with Gasteiger partial charge in [0.1, 0.15) is 15.8 Å². The van der Waals surface area contributed by atoms with Gasteiger partial charge in [0.05, 0.1) is 22.9 Å². The smallest absolute Gasteiger partial charge is 0.263 e. The lowest BCUT2D eigenvalue weighted by atomic mass is 10.3. The van der Waals surface area contributed by atoms with Crippen LogP contribution in [0.2, 0.25) is 0 Å². The molecule has 1 aromatic heterocycles. The Balaban J connectivity index is 1.83. The molecule has 2 heterocycles. The molecule has 1 N–H and O–H groups in total. The number of thioether (sulfide) groups is 1. The summed E-state index contributed by atoms with van der Waals surface area (Å²) < 4.78 is 7.76. The van der Waals surface area contributed by atoms with E-state index >= 15 is 0 Å². The van der Waals surface area contributed by atoms with Gasteiger partial charge in [-0.3, -0.25) is 4.79 Å². The van der Waals surface area contributed by atoms with E-state index in [0.717, 1.165) is 11.4 Å². The van der Waals surface area contributed by atoms with Gasteiger partial charge in [-0.1, -0.05) is 35.3 Å². The summed E-state index contributed by atoms with van der Waals surface area (Å²) in [6.07, 6.45) is 3.51. The van der Waals surface area contributed by atoms with Crippen molar-refractivity contribution >= 4 is 40.3 Å². The van der Waals surface area contributed by atoms with Crippen molar-refractivity contribution in [2.24, 2.45) is 0 Å². The number of rotatable bonds is 4. The minimum absolute atomic E-state index is 0.100. The van der Waals surface area contributed by atoms with Crippen molar-refractivity contribution in [1.82, 2.24) is 20.3 Å². The number of amides is 1. The van der Waals surface area contributed by atoms with E-state index in [4.69, 9.17) is 17.0 Å². The third kappa shape index (κ3) is 3.77.